The fourth-order valence-electron chi connectivity index (χ4n) is 2.31. The van der Waals surface area contributed by atoms with Crippen LogP contribution in [0.3, 0.4) is 0 Å². The molecule has 5 nitrogen and oxygen atoms in total. The number of para-hydroxylation sites is 1. The molecular formula is C12H14N2O3S. The average Bonchev–Trinajstić information content (AvgIpc) is 3.22. The zero-order chi connectivity index (χ0) is 12.8. The van der Waals surface area contributed by atoms with Gasteiger partial charge in [0.15, 0.2) is 0 Å². The van der Waals surface area contributed by atoms with Gasteiger partial charge in [-0.2, -0.15) is 0 Å². The summed E-state index contributed by atoms with van der Waals surface area (Å²) in [6, 6.07) is 7.17. The normalized spacial score (nSPS) is 22.0. The summed E-state index contributed by atoms with van der Waals surface area (Å²) < 4.78 is 26.1. The Balaban J connectivity index is 2.10. The Morgan fingerprint density at radius 2 is 2.00 bits per heavy atom. The fourth-order valence-corrected chi connectivity index (χ4v) is 4.18. The van der Waals surface area contributed by atoms with Gasteiger partial charge in [-0.1, -0.05) is 23.4 Å². The number of hydrogen-bond donors (Lipinski definition) is 1. The third-order valence-corrected chi connectivity index (χ3v) is 5.72. The van der Waals surface area contributed by atoms with Crippen molar-refractivity contribution < 1.29 is 13.6 Å². The Hall–Kier alpha value is -1.56. The van der Waals surface area contributed by atoms with Crippen molar-refractivity contribution >= 4 is 21.4 Å². The van der Waals surface area contributed by atoms with Gasteiger partial charge in [-0.15, -0.1) is 0 Å². The smallest absolute Gasteiger partial charge is 0.238 e. The molecule has 0 radical (unpaired) electrons. The molecular weight excluding hydrogens is 252 g/mol. The largest absolute Gasteiger partial charge is 0.411 e. The first-order valence-electron chi connectivity index (χ1n) is 5.96. The number of anilines is 1. The van der Waals surface area contributed by atoms with Crippen LogP contribution in [0.1, 0.15) is 24.8 Å². The number of hydrogen-bond acceptors (Lipinski definition) is 4. The van der Waals surface area contributed by atoms with Crippen molar-refractivity contribution in [3.63, 3.8) is 0 Å². The van der Waals surface area contributed by atoms with Crippen LogP contribution in [0.4, 0.5) is 5.69 Å². The van der Waals surface area contributed by atoms with E-state index in [-0.39, 0.29) is 5.25 Å². The first-order chi connectivity index (χ1) is 8.64. The summed E-state index contributed by atoms with van der Waals surface area (Å²) in [6.45, 7) is 0.356. The molecule has 6 heteroatoms. The number of nitrogens with zero attached hydrogens (tertiary/aromatic N) is 2. The minimum Gasteiger partial charge on any atom is -0.411 e. The highest BCUT2D eigenvalue weighted by Crippen LogP contribution is 2.37. The summed E-state index contributed by atoms with van der Waals surface area (Å²) in [5.74, 6) is 0. The standard InChI is InChI=1S/C12H14N2O3S/c15-13-11-7-8-14(18(16,17)9-5-6-9)12-4-2-1-3-10(11)12/h1-4,9,15H,5-8H2. The Kier molecular flexibility index (Phi) is 2.55. The number of benzene rings is 1. The molecule has 1 saturated carbocycles. The predicted octanol–water partition coefficient (Wildman–Crippen LogP) is 1.57. The van der Waals surface area contributed by atoms with E-state index in [1.54, 1.807) is 18.2 Å². The maximum atomic E-state index is 12.3. The van der Waals surface area contributed by atoms with Gasteiger partial charge in [-0.05, 0) is 18.9 Å². The maximum absolute atomic E-state index is 12.3. The molecule has 2 aliphatic rings. The molecule has 1 aromatic carbocycles. The van der Waals surface area contributed by atoms with Crippen LogP contribution in [-0.2, 0) is 10.0 Å². The van der Waals surface area contributed by atoms with Gasteiger partial charge in [0.1, 0.15) is 0 Å². The van der Waals surface area contributed by atoms with E-state index in [2.05, 4.69) is 5.16 Å². The second-order valence-corrected chi connectivity index (χ2v) is 6.77. The van der Waals surface area contributed by atoms with Crippen LogP contribution in [0, 0.1) is 0 Å². The van der Waals surface area contributed by atoms with Crippen LogP contribution < -0.4 is 4.31 Å². The monoisotopic (exact) mass is 266 g/mol. The topological polar surface area (TPSA) is 70.0 Å². The fraction of sp³-hybridized carbons (Fsp3) is 0.417. The Morgan fingerprint density at radius 3 is 2.67 bits per heavy atom. The molecule has 18 heavy (non-hydrogen) atoms. The zero-order valence-electron chi connectivity index (χ0n) is 9.78. The third-order valence-electron chi connectivity index (χ3n) is 3.41. The molecule has 1 aliphatic heterocycles. The molecule has 0 unspecified atom stereocenters. The highest BCUT2D eigenvalue weighted by Gasteiger charge is 2.42. The van der Waals surface area contributed by atoms with Crippen LogP contribution in [-0.4, -0.2) is 31.1 Å². The molecule has 1 heterocycles. The van der Waals surface area contributed by atoms with Crippen LogP contribution in [0.2, 0.25) is 0 Å². The molecule has 0 atom stereocenters. The molecule has 1 aromatic rings. The van der Waals surface area contributed by atoms with E-state index < -0.39 is 10.0 Å². The molecule has 1 fully saturated rings. The quantitative estimate of drug-likeness (QED) is 0.652. The number of oxime groups is 1. The van der Waals surface area contributed by atoms with Gasteiger partial charge in [0.25, 0.3) is 0 Å². The molecule has 3 rings (SSSR count). The van der Waals surface area contributed by atoms with Crippen molar-refractivity contribution in [2.75, 3.05) is 10.8 Å². The van der Waals surface area contributed by atoms with Gasteiger partial charge in [-0.25, -0.2) is 8.42 Å². The summed E-state index contributed by atoms with van der Waals surface area (Å²) in [6.07, 6.45) is 1.95. The van der Waals surface area contributed by atoms with Crippen molar-refractivity contribution in [1.29, 1.82) is 0 Å². The third kappa shape index (κ3) is 1.68. The van der Waals surface area contributed by atoms with E-state index in [1.807, 2.05) is 6.07 Å². The summed E-state index contributed by atoms with van der Waals surface area (Å²) >= 11 is 0. The SMILES string of the molecule is O=S(=O)(C1CC1)N1CCC(=NO)c2ccccc21. The zero-order valence-corrected chi connectivity index (χ0v) is 10.6. The van der Waals surface area contributed by atoms with Gasteiger partial charge in [0, 0.05) is 18.5 Å². The molecule has 0 aromatic heterocycles. The molecule has 0 saturated heterocycles. The molecule has 0 amide bonds. The van der Waals surface area contributed by atoms with E-state index in [1.165, 1.54) is 4.31 Å². The van der Waals surface area contributed by atoms with Gasteiger partial charge in [0.2, 0.25) is 10.0 Å². The molecule has 96 valence electrons. The van der Waals surface area contributed by atoms with E-state index in [4.69, 9.17) is 5.21 Å². The van der Waals surface area contributed by atoms with E-state index in [9.17, 15) is 8.42 Å². The summed E-state index contributed by atoms with van der Waals surface area (Å²) in [5.41, 5.74) is 1.88. The van der Waals surface area contributed by atoms with Gasteiger partial charge >= 0.3 is 0 Å². The second-order valence-electron chi connectivity index (χ2n) is 4.63. The second kappa shape index (κ2) is 3.98. The summed E-state index contributed by atoms with van der Waals surface area (Å²) in [5, 5.41) is 12.0. The first kappa shape index (κ1) is 11.5. The van der Waals surface area contributed by atoms with Crippen LogP contribution in [0.15, 0.2) is 29.4 Å². The van der Waals surface area contributed by atoms with Crippen molar-refractivity contribution in [2.24, 2.45) is 5.16 Å². The van der Waals surface area contributed by atoms with Crippen molar-refractivity contribution in [1.82, 2.24) is 0 Å². The predicted molar refractivity (Wildman–Crippen MR) is 68.7 cm³/mol. The summed E-state index contributed by atoms with van der Waals surface area (Å²) in [4.78, 5) is 0. The van der Waals surface area contributed by atoms with Gasteiger partial charge < -0.3 is 5.21 Å². The van der Waals surface area contributed by atoms with Crippen molar-refractivity contribution in [3.05, 3.63) is 29.8 Å². The Morgan fingerprint density at radius 1 is 1.28 bits per heavy atom. The molecule has 0 bridgehead atoms. The number of sulfonamides is 1. The number of rotatable bonds is 2. The van der Waals surface area contributed by atoms with E-state index in [0.717, 1.165) is 12.8 Å². The van der Waals surface area contributed by atoms with Crippen molar-refractivity contribution in [2.45, 2.75) is 24.5 Å². The average molecular weight is 266 g/mol. The lowest BCUT2D eigenvalue weighted by molar-refractivity contribution is 0.318. The van der Waals surface area contributed by atoms with E-state index in [0.29, 0.717) is 29.9 Å². The van der Waals surface area contributed by atoms with Gasteiger partial charge in [-0.3, -0.25) is 4.31 Å². The molecule has 1 N–H and O–H groups in total. The van der Waals surface area contributed by atoms with Crippen molar-refractivity contribution in [3.8, 4) is 0 Å². The Labute approximate surface area is 106 Å². The van der Waals surface area contributed by atoms with Crippen LogP contribution in [0.25, 0.3) is 0 Å². The summed E-state index contributed by atoms with van der Waals surface area (Å²) in [7, 11) is -3.24. The lowest BCUT2D eigenvalue weighted by Gasteiger charge is -2.30. The Bertz CT molecular complexity index is 606. The van der Waals surface area contributed by atoms with Crippen LogP contribution >= 0.6 is 0 Å². The highest BCUT2D eigenvalue weighted by molar-refractivity contribution is 7.93. The minimum atomic E-state index is -3.24. The lowest BCUT2D eigenvalue weighted by Crippen LogP contribution is -2.39. The first-order valence-corrected chi connectivity index (χ1v) is 7.47. The minimum absolute atomic E-state index is 0.224. The number of fused-ring (bicyclic) bond motifs is 1. The van der Waals surface area contributed by atoms with Crippen LogP contribution in [0.5, 0.6) is 0 Å². The molecule has 0 spiro atoms. The maximum Gasteiger partial charge on any atom is 0.238 e. The van der Waals surface area contributed by atoms with E-state index >= 15 is 0 Å². The molecule has 1 aliphatic carbocycles. The van der Waals surface area contributed by atoms with Gasteiger partial charge in [0.05, 0.1) is 16.6 Å². The lowest BCUT2D eigenvalue weighted by atomic mass is 10.0. The highest BCUT2D eigenvalue weighted by atomic mass is 32.2.